The van der Waals surface area contributed by atoms with E-state index in [1.54, 1.807) is 6.20 Å². The van der Waals surface area contributed by atoms with Crippen LogP contribution in [0.15, 0.2) is 36.9 Å². The Morgan fingerprint density at radius 3 is 2.93 bits per heavy atom. The van der Waals surface area contributed by atoms with Crippen LogP contribution in [0.1, 0.15) is 41.7 Å². The van der Waals surface area contributed by atoms with Crippen LogP contribution in [0.25, 0.3) is 0 Å². The molecule has 0 unspecified atom stereocenters. The SMILES string of the molecule is Cc1nc(Nc2ncccc2C)cc([C@@H]2CCCN2Cc2cncn2C)n1. The Morgan fingerprint density at radius 2 is 2.15 bits per heavy atom. The minimum Gasteiger partial charge on any atom is -0.337 e. The largest absolute Gasteiger partial charge is 0.337 e. The van der Waals surface area contributed by atoms with E-state index in [2.05, 4.69) is 35.8 Å². The summed E-state index contributed by atoms with van der Waals surface area (Å²) >= 11 is 0. The molecule has 27 heavy (non-hydrogen) atoms. The van der Waals surface area contributed by atoms with Crippen LogP contribution < -0.4 is 5.32 Å². The first kappa shape index (κ1) is 17.6. The molecular weight excluding hydrogens is 338 g/mol. The maximum atomic E-state index is 4.75. The second-order valence-corrected chi connectivity index (χ2v) is 7.14. The third-order valence-electron chi connectivity index (χ3n) is 5.10. The predicted molar refractivity (Wildman–Crippen MR) is 105 cm³/mol. The topological polar surface area (TPSA) is 71.8 Å². The van der Waals surface area contributed by atoms with Gasteiger partial charge in [-0.2, -0.15) is 0 Å². The lowest BCUT2D eigenvalue weighted by Gasteiger charge is -2.24. The van der Waals surface area contributed by atoms with Gasteiger partial charge in [-0.1, -0.05) is 6.07 Å². The quantitative estimate of drug-likeness (QED) is 0.750. The fourth-order valence-electron chi connectivity index (χ4n) is 3.66. The zero-order chi connectivity index (χ0) is 18.8. The van der Waals surface area contributed by atoms with E-state index in [4.69, 9.17) is 4.98 Å². The summed E-state index contributed by atoms with van der Waals surface area (Å²) in [6.45, 7) is 5.94. The minimum absolute atomic E-state index is 0.298. The van der Waals surface area contributed by atoms with Crippen LogP contribution in [0.3, 0.4) is 0 Å². The van der Waals surface area contributed by atoms with Crippen LogP contribution >= 0.6 is 0 Å². The summed E-state index contributed by atoms with van der Waals surface area (Å²) in [5, 5.41) is 3.35. The Morgan fingerprint density at radius 1 is 1.26 bits per heavy atom. The van der Waals surface area contributed by atoms with Crippen molar-refractivity contribution in [1.29, 1.82) is 0 Å². The smallest absolute Gasteiger partial charge is 0.135 e. The molecule has 0 aromatic carbocycles. The normalized spacial score (nSPS) is 17.4. The fourth-order valence-corrected chi connectivity index (χ4v) is 3.66. The van der Waals surface area contributed by atoms with Crippen molar-refractivity contribution in [3.05, 3.63) is 59.7 Å². The molecule has 3 aromatic rings. The molecule has 4 rings (SSSR count). The first-order valence-electron chi connectivity index (χ1n) is 9.33. The lowest BCUT2D eigenvalue weighted by molar-refractivity contribution is 0.239. The molecule has 140 valence electrons. The highest BCUT2D eigenvalue weighted by molar-refractivity contribution is 5.55. The van der Waals surface area contributed by atoms with Gasteiger partial charge in [-0.05, 0) is 44.9 Å². The molecule has 4 heterocycles. The molecule has 1 saturated heterocycles. The molecule has 0 aliphatic carbocycles. The number of likely N-dealkylation sites (tertiary alicyclic amines) is 1. The van der Waals surface area contributed by atoms with E-state index in [0.29, 0.717) is 6.04 Å². The number of pyridine rings is 1. The van der Waals surface area contributed by atoms with Crippen LogP contribution in [-0.4, -0.2) is 35.9 Å². The Bertz CT molecular complexity index is 934. The van der Waals surface area contributed by atoms with E-state index in [9.17, 15) is 0 Å². The summed E-state index contributed by atoms with van der Waals surface area (Å²) in [7, 11) is 2.04. The zero-order valence-corrected chi connectivity index (χ0v) is 16.1. The first-order valence-corrected chi connectivity index (χ1v) is 9.33. The second kappa shape index (κ2) is 7.44. The Kier molecular flexibility index (Phi) is 4.85. The molecule has 1 aliphatic heterocycles. The Balaban J connectivity index is 1.58. The van der Waals surface area contributed by atoms with Crippen molar-refractivity contribution < 1.29 is 0 Å². The molecule has 0 saturated carbocycles. The number of nitrogens with zero attached hydrogens (tertiary/aromatic N) is 6. The molecule has 1 fully saturated rings. The maximum absolute atomic E-state index is 4.75. The summed E-state index contributed by atoms with van der Waals surface area (Å²) in [5.74, 6) is 2.40. The molecule has 0 bridgehead atoms. The van der Waals surface area contributed by atoms with Crippen LogP contribution in [0.4, 0.5) is 11.6 Å². The van der Waals surface area contributed by atoms with Crippen LogP contribution in [-0.2, 0) is 13.6 Å². The van der Waals surface area contributed by atoms with Crippen molar-refractivity contribution in [2.75, 3.05) is 11.9 Å². The summed E-state index contributed by atoms with van der Waals surface area (Å²) in [6.07, 6.45) is 7.87. The van der Waals surface area contributed by atoms with Gasteiger partial charge in [0.25, 0.3) is 0 Å². The van der Waals surface area contributed by atoms with E-state index in [1.807, 2.05) is 45.6 Å². The maximum Gasteiger partial charge on any atom is 0.135 e. The molecule has 1 aliphatic rings. The van der Waals surface area contributed by atoms with Gasteiger partial charge in [0.2, 0.25) is 0 Å². The number of hydrogen-bond acceptors (Lipinski definition) is 6. The van der Waals surface area contributed by atoms with Gasteiger partial charge in [0.1, 0.15) is 17.5 Å². The number of imidazole rings is 1. The van der Waals surface area contributed by atoms with Gasteiger partial charge in [-0.3, -0.25) is 4.90 Å². The van der Waals surface area contributed by atoms with Crippen molar-refractivity contribution in [2.24, 2.45) is 7.05 Å². The van der Waals surface area contributed by atoms with E-state index < -0.39 is 0 Å². The predicted octanol–water partition coefficient (Wildman–Crippen LogP) is 3.30. The lowest BCUT2D eigenvalue weighted by atomic mass is 10.1. The van der Waals surface area contributed by atoms with E-state index in [-0.39, 0.29) is 0 Å². The molecule has 0 amide bonds. The molecule has 1 N–H and O–H groups in total. The van der Waals surface area contributed by atoms with E-state index in [0.717, 1.165) is 48.2 Å². The van der Waals surface area contributed by atoms with Gasteiger partial charge in [0.05, 0.1) is 23.8 Å². The van der Waals surface area contributed by atoms with Crippen molar-refractivity contribution >= 4 is 11.6 Å². The molecule has 7 nitrogen and oxygen atoms in total. The van der Waals surface area contributed by atoms with Gasteiger partial charge in [0, 0.05) is 32.1 Å². The summed E-state index contributed by atoms with van der Waals surface area (Å²) < 4.78 is 2.08. The van der Waals surface area contributed by atoms with Crippen LogP contribution in [0.5, 0.6) is 0 Å². The Labute approximate surface area is 159 Å². The third-order valence-corrected chi connectivity index (χ3v) is 5.10. The number of aryl methyl sites for hydroxylation is 3. The highest BCUT2D eigenvalue weighted by atomic mass is 15.2. The summed E-state index contributed by atoms with van der Waals surface area (Å²) in [6, 6.07) is 6.34. The number of nitrogens with one attached hydrogen (secondary N) is 1. The molecule has 0 spiro atoms. The number of anilines is 2. The standard InChI is InChI=1S/C20H25N7/c1-14-6-4-8-22-20(14)25-19-10-17(23-15(2)24-19)18-7-5-9-27(18)12-16-11-21-13-26(16)3/h4,6,8,10-11,13,18H,5,7,9,12H2,1-3H3,(H,22,23,24,25)/t18-/m0/s1. The Hall–Kier alpha value is -2.80. The highest BCUT2D eigenvalue weighted by Crippen LogP contribution is 2.33. The first-order chi connectivity index (χ1) is 13.1. The van der Waals surface area contributed by atoms with Gasteiger partial charge < -0.3 is 9.88 Å². The monoisotopic (exact) mass is 363 g/mol. The summed E-state index contributed by atoms with van der Waals surface area (Å²) in [4.78, 5) is 20.4. The fraction of sp³-hybridized carbons (Fsp3) is 0.400. The highest BCUT2D eigenvalue weighted by Gasteiger charge is 2.28. The van der Waals surface area contributed by atoms with Gasteiger partial charge >= 0.3 is 0 Å². The van der Waals surface area contributed by atoms with Crippen molar-refractivity contribution in [3.63, 3.8) is 0 Å². The van der Waals surface area contributed by atoms with E-state index in [1.165, 1.54) is 12.1 Å². The van der Waals surface area contributed by atoms with Gasteiger partial charge in [-0.25, -0.2) is 19.9 Å². The molecule has 7 heteroatoms. The lowest BCUT2D eigenvalue weighted by Crippen LogP contribution is -2.25. The number of aromatic nitrogens is 5. The van der Waals surface area contributed by atoms with Crippen molar-refractivity contribution in [3.8, 4) is 0 Å². The van der Waals surface area contributed by atoms with Gasteiger partial charge in [-0.15, -0.1) is 0 Å². The number of rotatable bonds is 5. The zero-order valence-electron chi connectivity index (χ0n) is 16.1. The van der Waals surface area contributed by atoms with Gasteiger partial charge in [0.15, 0.2) is 0 Å². The molecular formula is C20H25N7. The van der Waals surface area contributed by atoms with E-state index >= 15 is 0 Å². The molecule has 3 aromatic heterocycles. The molecule has 1 atom stereocenters. The average molecular weight is 363 g/mol. The average Bonchev–Trinajstić information content (AvgIpc) is 3.26. The van der Waals surface area contributed by atoms with Crippen molar-refractivity contribution in [1.82, 2.24) is 29.4 Å². The summed E-state index contributed by atoms with van der Waals surface area (Å²) in [5.41, 5.74) is 3.38. The van der Waals surface area contributed by atoms with Crippen LogP contribution in [0.2, 0.25) is 0 Å². The second-order valence-electron chi connectivity index (χ2n) is 7.14. The third kappa shape index (κ3) is 3.83. The van der Waals surface area contributed by atoms with Crippen molar-refractivity contribution in [2.45, 2.75) is 39.3 Å². The molecule has 0 radical (unpaired) electrons. The minimum atomic E-state index is 0.298. The number of hydrogen-bond donors (Lipinski definition) is 1. The van der Waals surface area contributed by atoms with Crippen LogP contribution in [0, 0.1) is 13.8 Å².